The highest BCUT2D eigenvalue weighted by Gasteiger charge is 2.30. The van der Waals surface area contributed by atoms with Gasteiger partial charge in [-0.15, -0.1) is 13.2 Å². The van der Waals surface area contributed by atoms with Crippen molar-refractivity contribution in [3.63, 3.8) is 0 Å². The molecule has 0 aromatic heterocycles. The van der Waals surface area contributed by atoms with Gasteiger partial charge in [0.2, 0.25) is 0 Å². The zero-order valence-electron chi connectivity index (χ0n) is 8.25. The molecule has 0 saturated heterocycles. The van der Waals surface area contributed by atoms with Crippen molar-refractivity contribution >= 4 is 0 Å². The molecular formula is C10H19NO. The maximum atomic E-state index is 10.0. The van der Waals surface area contributed by atoms with Crippen LogP contribution in [0.2, 0.25) is 0 Å². The van der Waals surface area contributed by atoms with E-state index in [2.05, 4.69) is 13.2 Å². The Morgan fingerprint density at radius 1 is 1.50 bits per heavy atom. The maximum Gasteiger partial charge on any atom is 0.101 e. The van der Waals surface area contributed by atoms with Gasteiger partial charge in [-0.25, -0.2) is 0 Å². The van der Waals surface area contributed by atoms with E-state index < -0.39 is 5.60 Å². The smallest absolute Gasteiger partial charge is 0.101 e. The van der Waals surface area contributed by atoms with Crippen LogP contribution in [0.15, 0.2) is 25.3 Å². The highest BCUT2D eigenvalue weighted by molar-refractivity contribution is 5.05. The van der Waals surface area contributed by atoms with E-state index in [1.165, 1.54) is 0 Å². The lowest BCUT2D eigenvalue weighted by Crippen LogP contribution is -2.46. The summed E-state index contributed by atoms with van der Waals surface area (Å²) in [6.07, 6.45) is 3.83. The summed E-state index contributed by atoms with van der Waals surface area (Å²) in [5.74, 6) is 0. The summed E-state index contributed by atoms with van der Waals surface area (Å²) in [7, 11) is 3.87. The van der Waals surface area contributed by atoms with Crippen LogP contribution in [0, 0.1) is 0 Å². The van der Waals surface area contributed by atoms with Gasteiger partial charge >= 0.3 is 0 Å². The molecule has 12 heavy (non-hydrogen) atoms. The van der Waals surface area contributed by atoms with Crippen LogP contribution in [0.1, 0.15) is 13.3 Å². The number of hydrogen-bond donors (Lipinski definition) is 1. The number of rotatable bonds is 5. The van der Waals surface area contributed by atoms with Crippen LogP contribution in [0.25, 0.3) is 0 Å². The van der Waals surface area contributed by atoms with E-state index in [1.807, 2.05) is 25.9 Å². The molecule has 0 saturated carbocycles. The van der Waals surface area contributed by atoms with Crippen LogP contribution in [-0.4, -0.2) is 35.7 Å². The van der Waals surface area contributed by atoms with Crippen LogP contribution >= 0.6 is 0 Å². The van der Waals surface area contributed by atoms with E-state index in [0.717, 1.165) is 0 Å². The molecule has 0 aliphatic carbocycles. The molecule has 0 rings (SSSR count). The second-order valence-corrected chi connectivity index (χ2v) is 3.33. The van der Waals surface area contributed by atoms with Crippen LogP contribution in [0.5, 0.6) is 0 Å². The summed E-state index contributed by atoms with van der Waals surface area (Å²) in [6, 6.07) is 0.0491. The average molecular weight is 169 g/mol. The Morgan fingerprint density at radius 2 is 2.00 bits per heavy atom. The summed E-state index contributed by atoms with van der Waals surface area (Å²) in [5, 5.41) is 10.0. The molecule has 0 radical (unpaired) electrons. The molecule has 0 bridgehead atoms. The third-order valence-corrected chi connectivity index (χ3v) is 2.32. The second kappa shape index (κ2) is 4.43. The molecular weight excluding hydrogens is 150 g/mol. The molecule has 0 aliphatic heterocycles. The Kier molecular flexibility index (Phi) is 4.21. The first-order valence-corrected chi connectivity index (χ1v) is 4.11. The van der Waals surface area contributed by atoms with Crippen LogP contribution < -0.4 is 0 Å². The Morgan fingerprint density at radius 3 is 2.25 bits per heavy atom. The summed E-state index contributed by atoms with van der Waals surface area (Å²) in [6.45, 7) is 9.20. The van der Waals surface area contributed by atoms with Crippen molar-refractivity contribution in [1.82, 2.24) is 4.90 Å². The first-order chi connectivity index (χ1) is 5.48. The molecule has 0 fully saturated rings. The van der Waals surface area contributed by atoms with E-state index >= 15 is 0 Å². The minimum Gasteiger partial charge on any atom is -0.384 e. The minimum absolute atomic E-state index is 0.0491. The lowest BCUT2D eigenvalue weighted by atomic mass is 9.91. The normalized spacial score (nSPS) is 18.4. The molecule has 1 N–H and O–H groups in total. The molecule has 2 unspecified atom stereocenters. The highest BCUT2D eigenvalue weighted by Crippen LogP contribution is 2.20. The fourth-order valence-corrected chi connectivity index (χ4v) is 1.10. The zero-order valence-corrected chi connectivity index (χ0v) is 8.25. The SMILES string of the molecule is C=CCC(O)(C=C)C(C)N(C)C. The zero-order chi connectivity index (χ0) is 9.78. The Bertz CT molecular complexity index is 165. The van der Waals surface area contributed by atoms with Crippen molar-refractivity contribution in [3.8, 4) is 0 Å². The van der Waals surface area contributed by atoms with Gasteiger partial charge in [0.05, 0.1) is 0 Å². The number of aliphatic hydroxyl groups is 1. The molecule has 0 aliphatic rings. The lowest BCUT2D eigenvalue weighted by Gasteiger charge is -2.34. The Hall–Kier alpha value is -0.600. The standard InChI is InChI=1S/C10H19NO/c1-6-8-10(12,7-2)9(3)11(4)5/h6-7,9,12H,1-2,8H2,3-5H3. The van der Waals surface area contributed by atoms with Crippen molar-refractivity contribution in [1.29, 1.82) is 0 Å². The van der Waals surface area contributed by atoms with Crippen molar-refractivity contribution in [2.24, 2.45) is 0 Å². The monoisotopic (exact) mass is 169 g/mol. The number of nitrogens with zero attached hydrogens (tertiary/aromatic N) is 1. The van der Waals surface area contributed by atoms with Gasteiger partial charge in [-0.1, -0.05) is 12.2 Å². The molecule has 0 heterocycles. The van der Waals surface area contributed by atoms with Gasteiger partial charge < -0.3 is 10.0 Å². The van der Waals surface area contributed by atoms with E-state index in [4.69, 9.17) is 0 Å². The topological polar surface area (TPSA) is 23.5 Å². The summed E-state index contributed by atoms with van der Waals surface area (Å²) in [5.41, 5.74) is -0.856. The van der Waals surface area contributed by atoms with Crippen molar-refractivity contribution in [3.05, 3.63) is 25.3 Å². The summed E-state index contributed by atoms with van der Waals surface area (Å²) < 4.78 is 0. The van der Waals surface area contributed by atoms with Gasteiger partial charge in [0.25, 0.3) is 0 Å². The third kappa shape index (κ3) is 2.47. The van der Waals surface area contributed by atoms with Crippen LogP contribution in [0.3, 0.4) is 0 Å². The number of hydrogen-bond acceptors (Lipinski definition) is 2. The van der Waals surface area contributed by atoms with Crippen molar-refractivity contribution in [2.45, 2.75) is 25.0 Å². The first kappa shape index (κ1) is 11.4. The predicted octanol–water partition coefficient (Wildman–Crippen LogP) is 1.43. The number of likely N-dealkylation sites (N-methyl/N-ethyl adjacent to an activating group) is 1. The minimum atomic E-state index is -0.856. The third-order valence-electron chi connectivity index (χ3n) is 2.32. The molecule has 0 amide bonds. The van der Waals surface area contributed by atoms with Gasteiger partial charge in [-0.3, -0.25) is 0 Å². The molecule has 0 aromatic carbocycles. The van der Waals surface area contributed by atoms with Crippen molar-refractivity contribution < 1.29 is 5.11 Å². The van der Waals surface area contributed by atoms with Gasteiger partial charge in [-0.2, -0.15) is 0 Å². The maximum absolute atomic E-state index is 10.0. The average Bonchev–Trinajstić information content (AvgIpc) is 2.03. The quantitative estimate of drug-likeness (QED) is 0.629. The fraction of sp³-hybridized carbons (Fsp3) is 0.600. The molecule has 70 valence electrons. The molecule has 0 aromatic rings. The van der Waals surface area contributed by atoms with Gasteiger partial charge in [0.15, 0.2) is 0 Å². The van der Waals surface area contributed by atoms with E-state index in [0.29, 0.717) is 6.42 Å². The summed E-state index contributed by atoms with van der Waals surface area (Å²) in [4.78, 5) is 1.96. The fourth-order valence-electron chi connectivity index (χ4n) is 1.10. The van der Waals surface area contributed by atoms with Gasteiger partial charge in [0.1, 0.15) is 5.60 Å². The molecule has 2 atom stereocenters. The van der Waals surface area contributed by atoms with Gasteiger partial charge in [-0.05, 0) is 27.4 Å². The van der Waals surface area contributed by atoms with E-state index in [1.54, 1.807) is 12.2 Å². The van der Waals surface area contributed by atoms with E-state index in [-0.39, 0.29) is 6.04 Å². The van der Waals surface area contributed by atoms with E-state index in [9.17, 15) is 5.11 Å². The Labute approximate surface area is 75.2 Å². The molecule has 0 spiro atoms. The molecule has 2 nitrogen and oxygen atoms in total. The van der Waals surface area contributed by atoms with Crippen LogP contribution in [0.4, 0.5) is 0 Å². The highest BCUT2D eigenvalue weighted by atomic mass is 16.3. The Balaban J connectivity index is 4.49. The molecule has 2 heteroatoms. The largest absolute Gasteiger partial charge is 0.384 e. The van der Waals surface area contributed by atoms with Crippen LogP contribution in [-0.2, 0) is 0 Å². The first-order valence-electron chi connectivity index (χ1n) is 4.11. The summed E-state index contributed by atoms with van der Waals surface area (Å²) >= 11 is 0. The predicted molar refractivity (Wildman–Crippen MR) is 53.1 cm³/mol. The van der Waals surface area contributed by atoms with Gasteiger partial charge in [0, 0.05) is 6.04 Å². The lowest BCUT2D eigenvalue weighted by molar-refractivity contribution is 0.0188. The van der Waals surface area contributed by atoms with Crippen molar-refractivity contribution in [2.75, 3.05) is 14.1 Å². The second-order valence-electron chi connectivity index (χ2n) is 3.33.